The molecule has 80 valence electrons. The summed E-state index contributed by atoms with van der Waals surface area (Å²) < 4.78 is 2.16. The van der Waals surface area contributed by atoms with Crippen LogP contribution in [-0.2, 0) is 4.79 Å². The molecule has 2 fully saturated rings. The Labute approximate surface area is 99.1 Å². The van der Waals surface area contributed by atoms with Crippen molar-refractivity contribution >= 4 is 28.8 Å². The van der Waals surface area contributed by atoms with Crippen LogP contribution in [0.3, 0.4) is 0 Å². The molecular weight excluding hydrogens is 291 g/mol. The van der Waals surface area contributed by atoms with E-state index in [-0.39, 0.29) is 11.8 Å². The van der Waals surface area contributed by atoms with E-state index in [0.717, 1.165) is 13.1 Å². The summed E-state index contributed by atoms with van der Waals surface area (Å²) in [5.41, 5.74) is 0. The molecule has 0 atom stereocenters. The first kappa shape index (κ1) is 10.7. The number of carbonyl (C=O) groups is 1. The highest BCUT2D eigenvalue weighted by Gasteiger charge is 2.32. The Hall–Kier alpha value is 0.160. The average Bonchev–Trinajstić information content (AvgIpc) is 2.14. The zero-order chi connectivity index (χ0) is 9.97. The summed E-state index contributed by atoms with van der Waals surface area (Å²) in [6, 6.07) is 0.472. The van der Waals surface area contributed by atoms with Crippen LogP contribution in [0, 0.1) is 5.92 Å². The van der Waals surface area contributed by atoms with Gasteiger partial charge in [0, 0.05) is 42.0 Å². The average molecular weight is 308 g/mol. The van der Waals surface area contributed by atoms with Crippen LogP contribution in [-0.4, -0.2) is 28.2 Å². The van der Waals surface area contributed by atoms with E-state index in [0.29, 0.717) is 6.04 Å². The Morgan fingerprint density at radius 2 is 1.86 bits per heavy atom. The molecule has 1 aliphatic carbocycles. The predicted octanol–water partition coefficient (Wildman–Crippen LogP) is 1.72. The fourth-order valence-corrected chi connectivity index (χ4v) is 3.11. The van der Waals surface area contributed by atoms with Crippen molar-refractivity contribution in [2.24, 2.45) is 5.92 Å². The molecular formula is C10H17IN2O. The number of carbonyl (C=O) groups excluding carboxylic acids is 1. The maximum absolute atomic E-state index is 11.7. The van der Waals surface area contributed by atoms with Crippen LogP contribution >= 0.6 is 22.9 Å². The maximum Gasteiger partial charge on any atom is 0.225 e. The third-order valence-electron chi connectivity index (χ3n) is 3.16. The number of halogens is 1. The van der Waals surface area contributed by atoms with Crippen LogP contribution in [0.4, 0.5) is 0 Å². The molecule has 0 aromatic carbocycles. The summed E-state index contributed by atoms with van der Waals surface area (Å²) in [6.45, 7) is 1.86. The molecule has 2 aliphatic rings. The van der Waals surface area contributed by atoms with Gasteiger partial charge < -0.3 is 5.32 Å². The summed E-state index contributed by atoms with van der Waals surface area (Å²) in [4.78, 5) is 11.7. The highest BCUT2D eigenvalue weighted by Crippen LogP contribution is 2.22. The fourth-order valence-electron chi connectivity index (χ4n) is 2.16. The van der Waals surface area contributed by atoms with E-state index in [2.05, 4.69) is 31.3 Å². The van der Waals surface area contributed by atoms with Gasteiger partial charge in [0.15, 0.2) is 0 Å². The minimum atomic E-state index is 0.258. The molecule has 1 aliphatic heterocycles. The van der Waals surface area contributed by atoms with Crippen molar-refractivity contribution < 1.29 is 4.79 Å². The number of nitrogens with one attached hydrogen (secondary N) is 1. The van der Waals surface area contributed by atoms with E-state index in [4.69, 9.17) is 0 Å². The molecule has 3 nitrogen and oxygen atoms in total. The minimum Gasteiger partial charge on any atom is -0.353 e. The van der Waals surface area contributed by atoms with Crippen LogP contribution in [0.2, 0.25) is 0 Å². The van der Waals surface area contributed by atoms with E-state index >= 15 is 0 Å². The Morgan fingerprint density at radius 1 is 1.21 bits per heavy atom. The lowest BCUT2D eigenvalue weighted by Gasteiger charge is -2.34. The van der Waals surface area contributed by atoms with Crippen molar-refractivity contribution in [3.63, 3.8) is 0 Å². The fraction of sp³-hybridized carbons (Fsp3) is 0.900. The summed E-state index contributed by atoms with van der Waals surface area (Å²) >= 11 is 2.27. The van der Waals surface area contributed by atoms with Crippen LogP contribution in [0.25, 0.3) is 0 Å². The zero-order valence-electron chi connectivity index (χ0n) is 8.34. The van der Waals surface area contributed by atoms with Gasteiger partial charge >= 0.3 is 0 Å². The van der Waals surface area contributed by atoms with E-state index in [9.17, 15) is 4.79 Å². The molecule has 1 saturated carbocycles. The maximum atomic E-state index is 11.7. The summed E-state index contributed by atoms with van der Waals surface area (Å²) in [7, 11) is 0. The Bertz CT molecular complexity index is 210. The SMILES string of the molecule is O=C(NC1CCCCC1)C1CN(I)C1. The lowest BCUT2D eigenvalue weighted by molar-refractivity contribution is -0.128. The molecule has 0 spiro atoms. The molecule has 2 rings (SSSR count). The molecule has 0 bridgehead atoms. The summed E-state index contributed by atoms with van der Waals surface area (Å²) in [5, 5.41) is 3.17. The number of hydrogen-bond donors (Lipinski definition) is 1. The third-order valence-corrected chi connectivity index (χ3v) is 3.95. The standard InChI is InChI=1S/C10H17IN2O/c11-13-6-8(7-13)10(14)12-9-4-2-1-3-5-9/h8-9H,1-7H2,(H,12,14). The van der Waals surface area contributed by atoms with Gasteiger partial charge in [-0.05, 0) is 12.8 Å². The van der Waals surface area contributed by atoms with E-state index in [1.807, 2.05) is 0 Å². The predicted molar refractivity (Wildman–Crippen MR) is 64.1 cm³/mol. The largest absolute Gasteiger partial charge is 0.353 e. The van der Waals surface area contributed by atoms with Gasteiger partial charge in [0.25, 0.3) is 0 Å². The third kappa shape index (κ3) is 2.59. The quantitative estimate of drug-likeness (QED) is 0.622. The van der Waals surface area contributed by atoms with Gasteiger partial charge in [0.1, 0.15) is 0 Å². The van der Waals surface area contributed by atoms with Gasteiger partial charge in [-0.15, -0.1) is 0 Å². The number of rotatable bonds is 2. The Kier molecular flexibility index (Phi) is 3.65. The normalized spacial score (nSPS) is 25.8. The van der Waals surface area contributed by atoms with Gasteiger partial charge in [-0.25, -0.2) is 3.11 Å². The second-order valence-electron chi connectivity index (χ2n) is 4.37. The lowest BCUT2D eigenvalue weighted by atomic mass is 9.94. The minimum absolute atomic E-state index is 0.258. The second-order valence-corrected chi connectivity index (χ2v) is 5.73. The summed E-state index contributed by atoms with van der Waals surface area (Å²) in [5.74, 6) is 0.540. The van der Waals surface area contributed by atoms with Gasteiger partial charge in [0.2, 0.25) is 5.91 Å². The first-order chi connectivity index (χ1) is 6.75. The molecule has 1 amide bonds. The summed E-state index contributed by atoms with van der Waals surface area (Å²) in [6.07, 6.45) is 6.29. The van der Waals surface area contributed by atoms with Crippen molar-refractivity contribution in [1.29, 1.82) is 0 Å². The second kappa shape index (κ2) is 4.79. The number of amides is 1. The number of nitrogens with zero attached hydrogens (tertiary/aromatic N) is 1. The highest BCUT2D eigenvalue weighted by molar-refractivity contribution is 14.1. The monoisotopic (exact) mass is 308 g/mol. The Balaban J connectivity index is 1.71. The number of hydrogen-bond acceptors (Lipinski definition) is 2. The van der Waals surface area contributed by atoms with Gasteiger partial charge in [-0.3, -0.25) is 4.79 Å². The zero-order valence-corrected chi connectivity index (χ0v) is 10.5. The van der Waals surface area contributed by atoms with Crippen LogP contribution < -0.4 is 5.32 Å². The van der Waals surface area contributed by atoms with Crippen LogP contribution in [0.15, 0.2) is 0 Å². The van der Waals surface area contributed by atoms with Gasteiger partial charge in [-0.2, -0.15) is 0 Å². The van der Waals surface area contributed by atoms with E-state index < -0.39 is 0 Å². The smallest absolute Gasteiger partial charge is 0.225 e. The molecule has 4 heteroatoms. The van der Waals surface area contributed by atoms with Gasteiger partial charge in [-0.1, -0.05) is 19.3 Å². The molecule has 0 unspecified atom stereocenters. The molecule has 0 radical (unpaired) electrons. The first-order valence-corrected chi connectivity index (χ1v) is 6.43. The Morgan fingerprint density at radius 3 is 2.43 bits per heavy atom. The van der Waals surface area contributed by atoms with E-state index in [1.165, 1.54) is 32.1 Å². The van der Waals surface area contributed by atoms with Crippen molar-refractivity contribution in [3.05, 3.63) is 0 Å². The lowest BCUT2D eigenvalue weighted by Crippen LogP contribution is -2.51. The van der Waals surface area contributed by atoms with Crippen LogP contribution in [0.1, 0.15) is 32.1 Å². The molecule has 1 saturated heterocycles. The molecule has 0 aromatic heterocycles. The first-order valence-electron chi connectivity index (χ1n) is 5.47. The van der Waals surface area contributed by atoms with E-state index in [1.54, 1.807) is 0 Å². The van der Waals surface area contributed by atoms with Crippen molar-refractivity contribution in [3.8, 4) is 0 Å². The van der Waals surface area contributed by atoms with Crippen molar-refractivity contribution in [2.45, 2.75) is 38.1 Å². The van der Waals surface area contributed by atoms with Crippen molar-refractivity contribution in [1.82, 2.24) is 8.43 Å². The van der Waals surface area contributed by atoms with Crippen molar-refractivity contribution in [2.75, 3.05) is 13.1 Å². The molecule has 0 aromatic rings. The highest BCUT2D eigenvalue weighted by atomic mass is 127. The van der Waals surface area contributed by atoms with Crippen LogP contribution in [0.5, 0.6) is 0 Å². The van der Waals surface area contributed by atoms with Gasteiger partial charge in [0.05, 0.1) is 5.92 Å². The topological polar surface area (TPSA) is 32.3 Å². The molecule has 14 heavy (non-hydrogen) atoms. The molecule has 1 heterocycles. The molecule has 1 N–H and O–H groups in total.